The lowest BCUT2D eigenvalue weighted by Crippen LogP contribution is -1.94. The van der Waals surface area contributed by atoms with Crippen LogP contribution in [0.2, 0.25) is 0 Å². The van der Waals surface area contributed by atoms with E-state index in [0.29, 0.717) is 12.8 Å². The largest absolute Gasteiger partial charge is 0.512 e. The topological polar surface area (TPSA) is 94.8 Å². The van der Waals surface area contributed by atoms with Gasteiger partial charge in [0, 0.05) is 12.8 Å². The van der Waals surface area contributed by atoms with Crippen molar-refractivity contribution in [3.8, 4) is 0 Å². The highest BCUT2D eigenvalue weighted by atomic mass is 16.4. The summed E-state index contributed by atoms with van der Waals surface area (Å²) in [6, 6.07) is 0. The molecule has 0 rings (SSSR count). The molecule has 0 fully saturated rings. The number of carbonyl (C=O) groups is 2. The Kier molecular flexibility index (Phi) is 8.82. The average Bonchev–Trinajstić information content (AvgIpc) is 2.20. The number of allylic oxidation sites excluding steroid dienone is 1. The zero-order valence-electron chi connectivity index (χ0n) is 9.89. The summed E-state index contributed by atoms with van der Waals surface area (Å²) in [5.74, 6) is -1.98. The highest BCUT2D eigenvalue weighted by Gasteiger charge is 1.99. The molecule has 5 heteroatoms. The van der Waals surface area contributed by atoms with Crippen molar-refractivity contribution in [1.29, 1.82) is 0 Å². The van der Waals surface area contributed by atoms with Gasteiger partial charge in [0.1, 0.15) is 0 Å². The molecule has 0 atom stereocenters. The SMILES string of the molecule is O=C(O)C=C(O)CCCCCCCCC(=O)O. The fourth-order valence-corrected chi connectivity index (χ4v) is 1.50. The minimum Gasteiger partial charge on any atom is -0.512 e. The Morgan fingerprint density at radius 1 is 0.765 bits per heavy atom. The van der Waals surface area contributed by atoms with Gasteiger partial charge in [0.2, 0.25) is 0 Å². The monoisotopic (exact) mass is 244 g/mol. The van der Waals surface area contributed by atoms with E-state index >= 15 is 0 Å². The molecule has 0 radical (unpaired) electrons. The predicted molar refractivity (Wildman–Crippen MR) is 62.9 cm³/mol. The molecule has 0 heterocycles. The van der Waals surface area contributed by atoms with Crippen LogP contribution in [0.25, 0.3) is 0 Å². The number of hydrogen-bond donors (Lipinski definition) is 3. The molecule has 0 aliphatic rings. The first-order valence-electron chi connectivity index (χ1n) is 5.86. The molecule has 0 aromatic carbocycles. The van der Waals surface area contributed by atoms with E-state index in [0.717, 1.165) is 38.2 Å². The molecule has 98 valence electrons. The summed E-state index contributed by atoms with van der Waals surface area (Å²) in [5, 5.41) is 25.9. The zero-order chi connectivity index (χ0) is 13.1. The number of aliphatic hydroxyl groups is 1. The van der Waals surface area contributed by atoms with Gasteiger partial charge in [0.25, 0.3) is 0 Å². The average molecular weight is 244 g/mol. The maximum absolute atomic E-state index is 10.2. The van der Waals surface area contributed by atoms with Gasteiger partial charge in [-0.1, -0.05) is 25.7 Å². The van der Waals surface area contributed by atoms with Crippen molar-refractivity contribution in [1.82, 2.24) is 0 Å². The molecule has 5 nitrogen and oxygen atoms in total. The molecule has 17 heavy (non-hydrogen) atoms. The van der Waals surface area contributed by atoms with E-state index in [9.17, 15) is 9.59 Å². The second-order valence-electron chi connectivity index (χ2n) is 3.99. The zero-order valence-corrected chi connectivity index (χ0v) is 9.89. The van der Waals surface area contributed by atoms with Crippen molar-refractivity contribution in [3.63, 3.8) is 0 Å². The molecular formula is C12H20O5. The van der Waals surface area contributed by atoms with Crippen molar-refractivity contribution in [2.45, 2.75) is 51.4 Å². The molecule has 0 saturated carbocycles. The van der Waals surface area contributed by atoms with E-state index in [2.05, 4.69) is 0 Å². The lowest BCUT2D eigenvalue weighted by Gasteiger charge is -2.01. The highest BCUT2D eigenvalue weighted by molar-refractivity contribution is 5.80. The number of rotatable bonds is 10. The van der Waals surface area contributed by atoms with Gasteiger partial charge in [-0.2, -0.15) is 0 Å². The van der Waals surface area contributed by atoms with Crippen LogP contribution in [0.5, 0.6) is 0 Å². The van der Waals surface area contributed by atoms with Gasteiger partial charge in [-0.25, -0.2) is 4.79 Å². The maximum atomic E-state index is 10.2. The molecule has 0 spiro atoms. The Labute approximate surface area is 101 Å². The lowest BCUT2D eigenvalue weighted by molar-refractivity contribution is -0.137. The van der Waals surface area contributed by atoms with Gasteiger partial charge < -0.3 is 15.3 Å². The van der Waals surface area contributed by atoms with Crippen LogP contribution in [-0.4, -0.2) is 27.3 Å². The van der Waals surface area contributed by atoms with E-state index < -0.39 is 11.9 Å². The summed E-state index contributed by atoms with van der Waals surface area (Å²) in [6.07, 6.45) is 6.69. The smallest absolute Gasteiger partial charge is 0.331 e. The molecule has 0 aliphatic heterocycles. The third-order valence-corrected chi connectivity index (χ3v) is 2.36. The van der Waals surface area contributed by atoms with Gasteiger partial charge in [-0.3, -0.25) is 4.79 Å². The summed E-state index contributed by atoms with van der Waals surface area (Å²) < 4.78 is 0. The molecular weight excluding hydrogens is 224 g/mol. The number of carboxylic acid groups (broad SMARTS) is 2. The molecule has 0 unspecified atom stereocenters. The Morgan fingerprint density at radius 3 is 1.71 bits per heavy atom. The minimum absolute atomic E-state index is 0.0941. The maximum Gasteiger partial charge on any atom is 0.331 e. The third kappa shape index (κ3) is 12.4. The van der Waals surface area contributed by atoms with Crippen LogP contribution in [0, 0.1) is 0 Å². The van der Waals surface area contributed by atoms with Gasteiger partial charge >= 0.3 is 11.9 Å². The predicted octanol–water partition coefficient (Wildman–Crippen LogP) is 2.72. The molecule has 0 saturated heterocycles. The van der Waals surface area contributed by atoms with Crippen LogP contribution in [0.3, 0.4) is 0 Å². The fourth-order valence-electron chi connectivity index (χ4n) is 1.50. The summed E-state index contributed by atoms with van der Waals surface area (Å²) in [5.41, 5.74) is 0. The molecule has 0 aromatic rings. The molecule has 0 aliphatic carbocycles. The first kappa shape index (κ1) is 15.5. The van der Waals surface area contributed by atoms with Crippen molar-refractivity contribution in [2.75, 3.05) is 0 Å². The second-order valence-corrected chi connectivity index (χ2v) is 3.99. The minimum atomic E-state index is -1.13. The summed E-state index contributed by atoms with van der Waals surface area (Å²) in [6.45, 7) is 0. The highest BCUT2D eigenvalue weighted by Crippen LogP contribution is 2.11. The molecule has 0 amide bonds. The van der Waals surface area contributed by atoms with Crippen molar-refractivity contribution >= 4 is 11.9 Å². The lowest BCUT2D eigenvalue weighted by atomic mass is 10.1. The van der Waals surface area contributed by atoms with E-state index in [1.807, 2.05) is 0 Å². The van der Waals surface area contributed by atoms with Crippen LogP contribution < -0.4 is 0 Å². The number of unbranched alkanes of at least 4 members (excludes halogenated alkanes) is 5. The first-order chi connectivity index (χ1) is 8.02. The third-order valence-electron chi connectivity index (χ3n) is 2.36. The van der Waals surface area contributed by atoms with Crippen LogP contribution >= 0.6 is 0 Å². The quantitative estimate of drug-likeness (QED) is 0.312. The Balaban J connectivity index is 3.29. The molecule has 3 N–H and O–H groups in total. The van der Waals surface area contributed by atoms with Crippen LogP contribution in [0.15, 0.2) is 11.8 Å². The van der Waals surface area contributed by atoms with E-state index in [1.165, 1.54) is 0 Å². The van der Waals surface area contributed by atoms with Gasteiger partial charge in [-0.15, -0.1) is 0 Å². The van der Waals surface area contributed by atoms with Gasteiger partial charge in [-0.05, 0) is 12.8 Å². The molecule has 0 aromatic heterocycles. The molecule has 0 bridgehead atoms. The van der Waals surface area contributed by atoms with Crippen molar-refractivity contribution in [3.05, 3.63) is 11.8 Å². The van der Waals surface area contributed by atoms with Gasteiger partial charge in [0.05, 0.1) is 11.8 Å². The van der Waals surface area contributed by atoms with Crippen molar-refractivity contribution < 1.29 is 24.9 Å². The van der Waals surface area contributed by atoms with Crippen molar-refractivity contribution in [2.24, 2.45) is 0 Å². The van der Waals surface area contributed by atoms with Crippen LogP contribution in [0.4, 0.5) is 0 Å². The summed E-state index contributed by atoms with van der Waals surface area (Å²) >= 11 is 0. The van der Waals surface area contributed by atoms with E-state index in [4.69, 9.17) is 15.3 Å². The first-order valence-corrected chi connectivity index (χ1v) is 5.86. The summed E-state index contributed by atoms with van der Waals surface area (Å²) in [4.78, 5) is 20.4. The van der Waals surface area contributed by atoms with Gasteiger partial charge in [0.15, 0.2) is 0 Å². The van der Waals surface area contributed by atoms with Crippen LogP contribution in [0.1, 0.15) is 51.4 Å². The van der Waals surface area contributed by atoms with Crippen LogP contribution in [-0.2, 0) is 9.59 Å². The van der Waals surface area contributed by atoms with E-state index in [-0.39, 0.29) is 12.2 Å². The normalized spacial score (nSPS) is 11.4. The fraction of sp³-hybridized carbons (Fsp3) is 0.667. The standard InChI is InChI=1S/C12H20O5/c13-10(9-12(16)17)7-5-3-1-2-4-6-8-11(14)15/h9,13H,1-8H2,(H,14,15)(H,16,17). The summed E-state index contributed by atoms with van der Waals surface area (Å²) in [7, 11) is 0. The number of aliphatic hydroxyl groups excluding tert-OH is 1. The number of hydrogen-bond acceptors (Lipinski definition) is 3. The van der Waals surface area contributed by atoms with E-state index in [1.54, 1.807) is 0 Å². The Hall–Kier alpha value is -1.52. The number of carboxylic acids is 2. The Morgan fingerprint density at radius 2 is 1.24 bits per heavy atom. The second kappa shape index (κ2) is 9.69. The number of aliphatic carboxylic acids is 2. The Bertz CT molecular complexity index is 270.